The van der Waals surface area contributed by atoms with Crippen LogP contribution >= 0.6 is 11.3 Å². The molecule has 1 fully saturated rings. The van der Waals surface area contributed by atoms with Crippen LogP contribution < -0.4 is 5.32 Å². The second-order valence-corrected chi connectivity index (χ2v) is 9.50. The molecule has 32 heavy (non-hydrogen) atoms. The number of rotatable bonds is 10. The highest BCUT2D eigenvalue weighted by molar-refractivity contribution is 7.09. The second-order valence-electron chi connectivity index (χ2n) is 8.61. The summed E-state index contributed by atoms with van der Waals surface area (Å²) in [4.78, 5) is 31.3. The van der Waals surface area contributed by atoms with Gasteiger partial charge >= 0.3 is 0 Å². The number of nitrogens with one attached hydrogen (secondary N) is 1. The minimum atomic E-state index is -0.297. The van der Waals surface area contributed by atoms with Crippen molar-refractivity contribution in [1.82, 2.24) is 15.2 Å². The summed E-state index contributed by atoms with van der Waals surface area (Å²) in [6, 6.07) is 6.07. The standard InChI is InChI=1S/C24H32FN3O3S/c1-17(2)15-31-13-3-10-26-23(30)21-16-32-24(27-21)19-8-11-28(12-9-19)22(29)14-18-4-6-20(25)7-5-18/h4-7,16-17,19H,3,8-15H2,1-2H3,(H,26,30). The van der Waals surface area contributed by atoms with Gasteiger partial charge in [-0.1, -0.05) is 26.0 Å². The van der Waals surface area contributed by atoms with Crippen molar-refractivity contribution >= 4 is 23.2 Å². The highest BCUT2D eigenvalue weighted by Crippen LogP contribution is 2.30. The first kappa shape index (κ1) is 24.3. The van der Waals surface area contributed by atoms with Gasteiger partial charge in [-0.25, -0.2) is 9.37 Å². The molecular weight excluding hydrogens is 429 g/mol. The van der Waals surface area contributed by atoms with Gasteiger partial charge in [0.15, 0.2) is 0 Å². The number of aromatic nitrogens is 1. The fraction of sp³-hybridized carbons (Fsp3) is 0.542. The number of halogens is 1. The van der Waals surface area contributed by atoms with E-state index >= 15 is 0 Å². The normalized spacial score (nSPS) is 14.7. The average molecular weight is 462 g/mol. The minimum absolute atomic E-state index is 0.0617. The lowest BCUT2D eigenvalue weighted by Gasteiger charge is -2.31. The Bertz CT molecular complexity index is 877. The Kier molecular flexibility index (Phi) is 9.17. The molecule has 2 aromatic rings. The third-order valence-corrected chi connectivity index (χ3v) is 6.43. The van der Waals surface area contributed by atoms with Crippen LogP contribution in [0.5, 0.6) is 0 Å². The highest BCUT2D eigenvalue weighted by atomic mass is 32.1. The Morgan fingerprint density at radius 2 is 1.97 bits per heavy atom. The zero-order valence-electron chi connectivity index (χ0n) is 18.8. The van der Waals surface area contributed by atoms with Gasteiger partial charge in [-0.15, -0.1) is 11.3 Å². The van der Waals surface area contributed by atoms with Crippen molar-refractivity contribution in [3.05, 3.63) is 51.7 Å². The molecule has 1 aromatic heterocycles. The molecule has 6 nitrogen and oxygen atoms in total. The van der Waals surface area contributed by atoms with E-state index in [0.717, 1.165) is 36.4 Å². The minimum Gasteiger partial charge on any atom is -0.381 e. The molecule has 0 aliphatic carbocycles. The smallest absolute Gasteiger partial charge is 0.270 e. The van der Waals surface area contributed by atoms with Gasteiger partial charge < -0.3 is 15.0 Å². The molecule has 0 spiro atoms. The number of likely N-dealkylation sites (tertiary alicyclic amines) is 1. The van der Waals surface area contributed by atoms with Crippen molar-refractivity contribution < 1.29 is 18.7 Å². The van der Waals surface area contributed by atoms with E-state index in [1.54, 1.807) is 12.1 Å². The molecule has 0 radical (unpaired) electrons. The van der Waals surface area contributed by atoms with E-state index in [1.165, 1.54) is 23.5 Å². The van der Waals surface area contributed by atoms with Crippen molar-refractivity contribution in [3.63, 3.8) is 0 Å². The lowest BCUT2D eigenvalue weighted by molar-refractivity contribution is -0.131. The molecule has 2 amide bonds. The van der Waals surface area contributed by atoms with Gasteiger partial charge in [0.1, 0.15) is 11.5 Å². The topological polar surface area (TPSA) is 71.5 Å². The molecule has 0 bridgehead atoms. The van der Waals surface area contributed by atoms with Crippen LogP contribution in [0.2, 0.25) is 0 Å². The first-order valence-electron chi connectivity index (χ1n) is 11.3. The van der Waals surface area contributed by atoms with Crippen LogP contribution in [0.15, 0.2) is 29.6 Å². The molecule has 0 saturated carbocycles. The van der Waals surface area contributed by atoms with Crippen LogP contribution in [0.4, 0.5) is 4.39 Å². The molecule has 0 atom stereocenters. The Labute approximate surface area is 193 Å². The monoisotopic (exact) mass is 461 g/mol. The molecule has 1 aliphatic rings. The second kappa shape index (κ2) is 12.1. The number of piperidine rings is 1. The van der Waals surface area contributed by atoms with Crippen molar-refractivity contribution in [3.8, 4) is 0 Å². The van der Waals surface area contributed by atoms with Gasteiger partial charge in [-0.05, 0) is 42.9 Å². The largest absolute Gasteiger partial charge is 0.381 e. The molecule has 2 heterocycles. The zero-order chi connectivity index (χ0) is 22.9. The average Bonchev–Trinajstić information content (AvgIpc) is 3.28. The zero-order valence-corrected chi connectivity index (χ0v) is 19.6. The summed E-state index contributed by atoms with van der Waals surface area (Å²) < 4.78 is 18.6. The number of benzene rings is 1. The first-order valence-corrected chi connectivity index (χ1v) is 12.1. The summed E-state index contributed by atoms with van der Waals surface area (Å²) in [6.07, 6.45) is 2.72. The van der Waals surface area contributed by atoms with Crippen LogP contribution in [-0.4, -0.2) is 54.5 Å². The third-order valence-electron chi connectivity index (χ3n) is 5.42. The maximum Gasteiger partial charge on any atom is 0.270 e. The number of hydrogen-bond acceptors (Lipinski definition) is 5. The molecule has 0 unspecified atom stereocenters. The summed E-state index contributed by atoms with van der Waals surface area (Å²) in [5, 5.41) is 5.67. The molecule has 1 aromatic carbocycles. The van der Waals surface area contributed by atoms with E-state index in [-0.39, 0.29) is 30.0 Å². The molecule has 174 valence electrons. The number of carbonyl (C=O) groups is 2. The van der Waals surface area contributed by atoms with Crippen molar-refractivity contribution in [2.75, 3.05) is 32.8 Å². The van der Waals surface area contributed by atoms with Gasteiger partial charge in [0, 0.05) is 44.1 Å². The number of hydrogen-bond donors (Lipinski definition) is 1. The third kappa shape index (κ3) is 7.38. The summed E-state index contributed by atoms with van der Waals surface area (Å²) in [5.74, 6) is 0.391. The molecule has 1 aliphatic heterocycles. The van der Waals surface area contributed by atoms with E-state index in [0.29, 0.717) is 37.9 Å². The SMILES string of the molecule is CC(C)COCCCNC(=O)c1csc(C2CCN(C(=O)Cc3ccc(F)cc3)CC2)n1. The summed E-state index contributed by atoms with van der Waals surface area (Å²) in [5.41, 5.74) is 1.28. The lowest BCUT2D eigenvalue weighted by Crippen LogP contribution is -2.38. The Balaban J connectivity index is 1.40. The predicted molar refractivity (Wildman–Crippen MR) is 123 cm³/mol. The molecule has 8 heteroatoms. The highest BCUT2D eigenvalue weighted by Gasteiger charge is 2.26. The van der Waals surface area contributed by atoms with Crippen LogP contribution in [0.25, 0.3) is 0 Å². The molecule has 3 rings (SSSR count). The van der Waals surface area contributed by atoms with E-state index in [1.807, 2.05) is 10.3 Å². The van der Waals surface area contributed by atoms with Crippen LogP contribution in [0.1, 0.15) is 60.1 Å². The van der Waals surface area contributed by atoms with Crippen LogP contribution in [0, 0.1) is 11.7 Å². The Hall–Kier alpha value is -2.32. The first-order chi connectivity index (χ1) is 15.4. The molecule has 1 N–H and O–H groups in total. The van der Waals surface area contributed by atoms with Gasteiger partial charge in [0.25, 0.3) is 5.91 Å². The van der Waals surface area contributed by atoms with Crippen molar-refractivity contribution in [2.45, 2.75) is 45.4 Å². The summed E-state index contributed by atoms with van der Waals surface area (Å²) >= 11 is 1.51. The van der Waals surface area contributed by atoms with Gasteiger partial charge in [-0.2, -0.15) is 0 Å². The Morgan fingerprint density at radius 3 is 2.66 bits per heavy atom. The Morgan fingerprint density at radius 1 is 1.25 bits per heavy atom. The maximum atomic E-state index is 13.0. The summed E-state index contributed by atoms with van der Waals surface area (Å²) in [7, 11) is 0. The van der Waals surface area contributed by atoms with Crippen LogP contribution in [0.3, 0.4) is 0 Å². The molecule has 1 saturated heterocycles. The van der Waals surface area contributed by atoms with Gasteiger partial charge in [-0.3, -0.25) is 9.59 Å². The fourth-order valence-electron chi connectivity index (χ4n) is 3.63. The van der Waals surface area contributed by atoms with E-state index in [9.17, 15) is 14.0 Å². The van der Waals surface area contributed by atoms with Crippen LogP contribution in [-0.2, 0) is 16.0 Å². The van der Waals surface area contributed by atoms with Gasteiger partial charge in [0.05, 0.1) is 11.4 Å². The number of carbonyl (C=O) groups excluding carboxylic acids is 2. The molecular formula is C24H32FN3O3S. The van der Waals surface area contributed by atoms with E-state index < -0.39 is 0 Å². The summed E-state index contributed by atoms with van der Waals surface area (Å²) in [6.45, 7) is 7.50. The predicted octanol–water partition coefficient (Wildman–Crippen LogP) is 4.02. The fourth-order valence-corrected chi connectivity index (χ4v) is 4.60. The van der Waals surface area contributed by atoms with Crippen molar-refractivity contribution in [2.24, 2.45) is 5.92 Å². The number of nitrogens with zero attached hydrogens (tertiary/aromatic N) is 2. The maximum absolute atomic E-state index is 13.0. The van der Waals surface area contributed by atoms with Crippen molar-refractivity contribution in [1.29, 1.82) is 0 Å². The lowest BCUT2D eigenvalue weighted by atomic mass is 9.97. The number of thiazole rings is 1. The number of amides is 2. The van der Waals surface area contributed by atoms with E-state index in [2.05, 4.69) is 24.1 Å². The quantitative estimate of drug-likeness (QED) is 0.543. The van der Waals surface area contributed by atoms with Gasteiger partial charge in [0.2, 0.25) is 5.91 Å². The number of ether oxygens (including phenoxy) is 1. The van der Waals surface area contributed by atoms with E-state index in [4.69, 9.17) is 4.74 Å².